The van der Waals surface area contributed by atoms with Gasteiger partial charge < -0.3 is 10.0 Å². The van der Waals surface area contributed by atoms with Crippen molar-refractivity contribution < 1.29 is 14.7 Å². The number of hydrogen-bond acceptors (Lipinski definition) is 3. The van der Waals surface area contributed by atoms with Crippen LogP contribution in [0, 0.1) is 17.8 Å². The van der Waals surface area contributed by atoms with E-state index >= 15 is 0 Å². The summed E-state index contributed by atoms with van der Waals surface area (Å²) >= 11 is 0. The van der Waals surface area contributed by atoms with Gasteiger partial charge in [-0.3, -0.25) is 14.6 Å². The molecule has 1 aromatic rings. The van der Waals surface area contributed by atoms with Crippen LogP contribution in [-0.2, 0) is 17.6 Å². The minimum Gasteiger partial charge on any atom is -0.481 e. The molecule has 2 aliphatic carbocycles. The van der Waals surface area contributed by atoms with Crippen LogP contribution in [0.15, 0.2) is 12.3 Å². The lowest BCUT2D eigenvalue weighted by Crippen LogP contribution is -2.30. The van der Waals surface area contributed by atoms with Crippen LogP contribution in [-0.4, -0.2) is 40.0 Å². The van der Waals surface area contributed by atoms with Gasteiger partial charge in [-0.05, 0) is 62.0 Å². The number of carbonyl (C=O) groups is 2. The van der Waals surface area contributed by atoms with E-state index in [0.29, 0.717) is 24.6 Å². The highest BCUT2D eigenvalue weighted by Crippen LogP contribution is 2.44. The molecule has 1 N–H and O–H groups in total. The molecule has 5 heteroatoms. The summed E-state index contributed by atoms with van der Waals surface area (Å²) in [6.07, 6.45) is 8.20. The van der Waals surface area contributed by atoms with Gasteiger partial charge in [0.05, 0.1) is 11.5 Å². The van der Waals surface area contributed by atoms with Crippen molar-refractivity contribution in [1.29, 1.82) is 0 Å². The Labute approximate surface area is 135 Å². The number of aromatic nitrogens is 1. The summed E-state index contributed by atoms with van der Waals surface area (Å²) < 4.78 is 0. The van der Waals surface area contributed by atoms with Crippen molar-refractivity contribution in [2.45, 2.75) is 38.5 Å². The van der Waals surface area contributed by atoms with Gasteiger partial charge in [0, 0.05) is 25.0 Å². The maximum Gasteiger partial charge on any atom is 0.308 e. The van der Waals surface area contributed by atoms with E-state index in [1.807, 2.05) is 6.07 Å². The number of fused-ring (bicyclic) bond motifs is 1. The van der Waals surface area contributed by atoms with E-state index in [4.69, 9.17) is 0 Å². The van der Waals surface area contributed by atoms with E-state index < -0.39 is 11.9 Å². The third kappa shape index (κ3) is 2.73. The molecule has 0 unspecified atom stereocenters. The molecule has 1 saturated heterocycles. The highest BCUT2D eigenvalue weighted by molar-refractivity contribution is 5.94. The number of hydrogen-bond donors (Lipinski definition) is 1. The van der Waals surface area contributed by atoms with Crippen LogP contribution < -0.4 is 0 Å². The molecule has 23 heavy (non-hydrogen) atoms. The number of likely N-dealkylation sites (tertiary alicyclic amines) is 1. The van der Waals surface area contributed by atoms with E-state index in [1.54, 1.807) is 11.1 Å². The van der Waals surface area contributed by atoms with Gasteiger partial charge >= 0.3 is 5.97 Å². The Morgan fingerprint density at radius 3 is 2.70 bits per heavy atom. The van der Waals surface area contributed by atoms with E-state index in [0.717, 1.165) is 37.8 Å². The van der Waals surface area contributed by atoms with Crippen LogP contribution in [0.5, 0.6) is 0 Å². The molecule has 2 atom stereocenters. The Hall–Kier alpha value is -1.91. The molecule has 4 rings (SSSR count). The number of amides is 1. The quantitative estimate of drug-likeness (QED) is 0.928. The van der Waals surface area contributed by atoms with Crippen LogP contribution in [0.2, 0.25) is 0 Å². The number of aliphatic carboxylic acids is 1. The van der Waals surface area contributed by atoms with Gasteiger partial charge in [-0.2, -0.15) is 0 Å². The fourth-order valence-corrected chi connectivity index (χ4v) is 4.15. The van der Waals surface area contributed by atoms with Gasteiger partial charge in [0.1, 0.15) is 0 Å². The predicted molar refractivity (Wildman–Crippen MR) is 84.1 cm³/mol. The molecule has 1 aromatic heterocycles. The van der Waals surface area contributed by atoms with Crippen molar-refractivity contribution in [2.24, 2.45) is 17.8 Å². The minimum atomic E-state index is -0.763. The Morgan fingerprint density at radius 1 is 1.17 bits per heavy atom. The van der Waals surface area contributed by atoms with Crippen molar-refractivity contribution in [3.05, 3.63) is 29.1 Å². The lowest BCUT2D eigenvalue weighted by Gasteiger charge is -2.19. The molecule has 0 bridgehead atoms. The second-order valence-corrected chi connectivity index (χ2v) is 7.19. The zero-order valence-electron chi connectivity index (χ0n) is 13.2. The molecular formula is C18H22N2O3. The average molecular weight is 314 g/mol. The zero-order chi connectivity index (χ0) is 16.0. The highest BCUT2D eigenvalue weighted by Gasteiger charge is 2.47. The third-order valence-electron chi connectivity index (χ3n) is 5.61. The molecule has 5 nitrogen and oxygen atoms in total. The van der Waals surface area contributed by atoms with E-state index in [-0.39, 0.29) is 11.8 Å². The second kappa shape index (κ2) is 5.62. The molecule has 122 valence electrons. The van der Waals surface area contributed by atoms with Crippen molar-refractivity contribution in [2.75, 3.05) is 13.1 Å². The fraction of sp³-hybridized carbons (Fsp3) is 0.611. The van der Waals surface area contributed by atoms with Gasteiger partial charge in [-0.25, -0.2) is 0 Å². The topological polar surface area (TPSA) is 70.5 Å². The fourth-order valence-electron chi connectivity index (χ4n) is 4.15. The predicted octanol–water partition coefficient (Wildman–Crippen LogP) is 2.14. The average Bonchev–Trinajstić information content (AvgIpc) is 3.31. The van der Waals surface area contributed by atoms with Crippen LogP contribution in [0.25, 0.3) is 0 Å². The molecule has 2 fully saturated rings. The molecule has 1 aliphatic heterocycles. The molecule has 1 amide bonds. The maximum absolute atomic E-state index is 12.8. The normalized spacial score (nSPS) is 26.9. The Kier molecular flexibility index (Phi) is 3.58. The lowest BCUT2D eigenvalue weighted by molar-refractivity contribution is -0.142. The summed E-state index contributed by atoms with van der Waals surface area (Å²) in [7, 11) is 0. The van der Waals surface area contributed by atoms with Crippen molar-refractivity contribution >= 4 is 11.9 Å². The first-order valence-corrected chi connectivity index (χ1v) is 8.63. The number of carbonyl (C=O) groups excluding carboxylic acids is 1. The first kappa shape index (κ1) is 14.7. The number of carboxylic acid groups (broad SMARTS) is 1. The molecule has 2 heterocycles. The standard InChI is InChI=1S/C18H22N2O3/c21-17(13-7-12-3-1-2-4-16(12)19-8-13)20-9-14(11-5-6-11)15(10-20)18(22)23/h7-8,11,14-15H,1-6,9-10H2,(H,22,23)/t14-,15+/m0/s1. The number of pyridine rings is 1. The minimum absolute atomic E-state index is 0.0553. The lowest BCUT2D eigenvalue weighted by atomic mass is 9.92. The van der Waals surface area contributed by atoms with Gasteiger partial charge in [-0.15, -0.1) is 0 Å². The van der Waals surface area contributed by atoms with E-state index in [9.17, 15) is 14.7 Å². The Morgan fingerprint density at radius 2 is 1.96 bits per heavy atom. The molecular weight excluding hydrogens is 292 g/mol. The number of aryl methyl sites for hydroxylation is 2. The van der Waals surface area contributed by atoms with Gasteiger partial charge in [0.2, 0.25) is 0 Å². The summed E-state index contributed by atoms with van der Waals surface area (Å²) in [6.45, 7) is 0.921. The van der Waals surface area contributed by atoms with Crippen LogP contribution >= 0.6 is 0 Å². The van der Waals surface area contributed by atoms with Crippen LogP contribution in [0.1, 0.15) is 47.3 Å². The van der Waals surface area contributed by atoms with Crippen LogP contribution in [0.3, 0.4) is 0 Å². The first-order valence-electron chi connectivity index (χ1n) is 8.63. The zero-order valence-corrected chi connectivity index (χ0v) is 13.2. The van der Waals surface area contributed by atoms with Gasteiger partial charge in [0.25, 0.3) is 5.91 Å². The molecule has 0 radical (unpaired) electrons. The summed E-state index contributed by atoms with van der Waals surface area (Å²) in [5.41, 5.74) is 2.93. The summed E-state index contributed by atoms with van der Waals surface area (Å²) in [4.78, 5) is 30.5. The van der Waals surface area contributed by atoms with Gasteiger partial charge in [-0.1, -0.05) is 0 Å². The van der Waals surface area contributed by atoms with E-state index in [2.05, 4.69) is 4.98 Å². The molecule has 1 saturated carbocycles. The molecule has 0 aromatic carbocycles. The third-order valence-corrected chi connectivity index (χ3v) is 5.61. The summed E-state index contributed by atoms with van der Waals surface area (Å²) in [6, 6.07) is 1.98. The van der Waals surface area contributed by atoms with Crippen LogP contribution in [0.4, 0.5) is 0 Å². The highest BCUT2D eigenvalue weighted by atomic mass is 16.4. The number of carboxylic acids is 1. The Bertz CT molecular complexity index is 654. The number of nitrogens with zero attached hydrogens (tertiary/aromatic N) is 2. The van der Waals surface area contributed by atoms with Crippen molar-refractivity contribution in [3.63, 3.8) is 0 Å². The Balaban J connectivity index is 1.54. The monoisotopic (exact) mass is 314 g/mol. The molecule has 3 aliphatic rings. The first-order chi connectivity index (χ1) is 11.1. The number of rotatable bonds is 3. The summed E-state index contributed by atoms with van der Waals surface area (Å²) in [5, 5.41) is 9.44. The molecule has 0 spiro atoms. The largest absolute Gasteiger partial charge is 0.481 e. The smallest absolute Gasteiger partial charge is 0.308 e. The maximum atomic E-state index is 12.8. The summed E-state index contributed by atoms with van der Waals surface area (Å²) in [5.74, 6) is -0.601. The van der Waals surface area contributed by atoms with Crippen molar-refractivity contribution in [1.82, 2.24) is 9.88 Å². The SMILES string of the molecule is O=C(O)[C@@H]1CN(C(=O)c2cnc3c(c2)CCCC3)C[C@H]1C1CC1. The van der Waals surface area contributed by atoms with Gasteiger partial charge in [0.15, 0.2) is 0 Å². The van der Waals surface area contributed by atoms with E-state index in [1.165, 1.54) is 12.0 Å². The second-order valence-electron chi connectivity index (χ2n) is 7.19. The van der Waals surface area contributed by atoms with Crippen molar-refractivity contribution in [3.8, 4) is 0 Å².